The summed E-state index contributed by atoms with van der Waals surface area (Å²) in [7, 11) is 0. The van der Waals surface area contributed by atoms with Crippen molar-refractivity contribution in [1.29, 1.82) is 0 Å². The monoisotopic (exact) mass is 379 g/mol. The lowest BCUT2D eigenvalue weighted by Crippen LogP contribution is -1.97. The average molecular weight is 380 g/mol. The summed E-state index contributed by atoms with van der Waals surface area (Å²) in [5.41, 5.74) is 1.89. The molecule has 3 rings (SSSR count). The Bertz CT molecular complexity index is 832. The number of halogens is 2. The second kappa shape index (κ2) is 7.30. The van der Waals surface area contributed by atoms with E-state index in [1.165, 1.54) is 0 Å². The van der Waals surface area contributed by atoms with Gasteiger partial charge in [0.25, 0.3) is 5.22 Å². The summed E-state index contributed by atoms with van der Waals surface area (Å²) >= 11 is 13.6. The maximum absolute atomic E-state index is 10.8. The van der Waals surface area contributed by atoms with Crippen LogP contribution in [0.2, 0.25) is 10.0 Å². The summed E-state index contributed by atoms with van der Waals surface area (Å²) in [6.45, 7) is 0. The van der Waals surface area contributed by atoms with Crippen molar-refractivity contribution in [3.63, 3.8) is 0 Å². The number of hydrogen-bond acceptors (Lipinski definition) is 4. The summed E-state index contributed by atoms with van der Waals surface area (Å²) in [4.78, 5) is 15.2. The van der Waals surface area contributed by atoms with E-state index < -0.39 is 5.97 Å². The van der Waals surface area contributed by atoms with E-state index in [0.29, 0.717) is 32.6 Å². The van der Waals surface area contributed by atoms with Crippen molar-refractivity contribution < 1.29 is 14.3 Å². The Morgan fingerprint density at radius 3 is 2.21 bits per heavy atom. The SMILES string of the molecule is O=C(O)CSc1nc(-c2ccccc2Cl)c(-c2ccccc2Cl)o1. The van der Waals surface area contributed by atoms with Gasteiger partial charge >= 0.3 is 5.97 Å². The molecular weight excluding hydrogens is 369 g/mol. The second-order valence-electron chi connectivity index (χ2n) is 4.80. The van der Waals surface area contributed by atoms with E-state index in [4.69, 9.17) is 32.7 Å². The molecule has 0 aliphatic carbocycles. The van der Waals surface area contributed by atoms with Gasteiger partial charge in [-0.25, -0.2) is 4.98 Å². The summed E-state index contributed by atoms with van der Waals surface area (Å²) < 4.78 is 5.79. The van der Waals surface area contributed by atoms with Crippen LogP contribution in [-0.4, -0.2) is 21.8 Å². The topological polar surface area (TPSA) is 63.3 Å². The molecule has 0 unspecified atom stereocenters. The van der Waals surface area contributed by atoms with Crippen LogP contribution in [0.3, 0.4) is 0 Å². The molecule has 0 fully saturated rings. The van der Waals surface area contributed by atoms with Crippen LogP contribution in [0.15, 0.2) is 58.2 Å². The first-order chi connectivity index (χ1) is 11.6. The molecule has 122 valence electrons. The molecule has 0 aliphatic rings. The van der Waals surface area contributed by atoms with Gasteiger partial charge in [0.1, 0.15) is 11.4 Å². The first-order valence-corrected chi connectivity index (χ1v) is 8.65. The summed E-state index contributed by atoms with van der Waals surface area (Å²) in [6, 6.07) is 14.5. The molecule has 2 aromatic carbocycles. The predicted octanol–water partition coefficient (Wildman–Crippen LogP) is 5.49. The number of oxazole rings is 1. The number of carbonyl (C=O) groups is 1. The van der Waals surface area contributed by atoms with Gasteiger partial charge in [0.15, 0.2) is 5.76 Å². The van der Waals surface area contributed by atoms with E-state index in [2.05, 4.69) is 4.98 Å². The van der Waals surface area contributed by atoms with Gasteiger partial charge in [-0.2, -0.15) is 0 Å². The molecule has 0 aliphatic heterocycles. The fraction of sp³-hybridized carbons (Fsp3) is 0.0588. The number of thioether (sulfide) groups is 1. The van der Waals surface area contributed by atoms with Crippen molar-refractivity contribution in [3.05, 3.63) is 58.6 Å². The van der Waals surface area contributed by atoms with E-state index in [0.717, 1.165) is 11.8 Å². The predicted molar refractivity (Wildman–Crippen MR) is 95.8 cm³/mol. The van der Waals surface area contributed by atoms with Crippen molar-refractivity contribution in [1.82, 2.24) is 4.98 Å². The second-order valence-corrected chi connectivity index (χ2v) is 6.54. The van der Waals surface area contributed by atoms with Crippen LogP contribution in [0.1, 0.15) is 0 Å². The molecule has 1 aromatic heterocycles. The van der Waals surface area contributed by atoms with E-state index in [1.54, 1.807) is 12.1 Å². The van der Waals surface area contributed by atoms with Crippen LogP contribution in [-0.2, 0) is 4.79 Å². The zero-order valence-electron chi connectivity index (χ0n) is 12.2. The lowest BCUT2D eigenvalue weighted by molar-refractivity contribution is -0.133. The Labute approximate surface area is 152 Å². The first-order valence-electron chi connectivity index (χ1n) is 6.91. The fourth-order valence-electron chi connectivity index (χ4n) is 2.15. The summed E-state index contributed by atoms with van der Waals surface area (Å²) in [5, 5.41) is 10.1. The van der Waals surface area contributed by atoms with Gasteiger partial charge < -0.3 is 9.52 Å². The van der Waals surface area contributed by atoms with Crippen molar-refractivity contribution in [2.24, 2.45) is 0 Å². The maximum atomic E-state index is 10.8. The van der Waals surface area contributed by atoms with Crippen LogP contribution < -0.4 is 0 Å². The minimum Gasteiger partial charge on any atom is -0.481 e. The Kier molecular flexibility index (Phi) is 5.14. The molecular formula is C17H11Cl2NO3S. The third-order valence-electron chi connectivity index (χ3n) is 3.17. The molecule has 0 atom stereocenters. The summed E-state index contributed by atoms with van der Waals surface area (Å²) in [5.74, 6) is -0.636. The molecule has 4 nitrogen and oxygen atoms in total. The average Bonchev–Trinajstić information content (AvgIpc) is 2.97. The minimum absolute atomic E-state index is 0.148. The van der Waals surface area contributed by atoms with Crippen LogP contribution >= 0.6 is 35.0 Å². The lowest BCUT2D eigenvalue weighted by Gasteiger charge is -2.04. The van der Waals surface area contributed by atoms with Crippen LogP contribution in [0.4, 0.5) is 0 Å². The highest BCUT2D eigenvalue weighted by atomic mass is 35.5. The largest absolute Gasteiger partial charge is 0.481 e. The quantitative estimate of drug-likeness (QED) is 0.593. The number of aromatic nitrogens is 1. The highest BCUT2D eigenvalue weighted by molar-refractivity contribution is 7.99. The van der Waals surface area contributed by atoms with Gasteiger partial charge in [-0.3, -0.25) is 4.79 Å². The Balaban J connectivity index is 2.14. The molecule has 1 N–H and O–H groups in total. The Morgan fingerprint density at radius 2 is 1.62 bits per heavy atom. The van der Waals surface area contributed by atoms with Gasteiger partial charge in [0.2, 0.25) is 0 Å². The molecule has 0 saturated carbocycles. The van der Waals surface area contributed by atoms with Crippen LogP contribution in [0.25, 0.3) is 22.6 Å². The fourth-order valence-corrected chi connectivity index (χ4v) is 3.14. The molecule has 1 heterocycles. The van der Waals surface area contributed by atoms with Gasteiger partial charge in [-0.1, -0.05) is 65.3 Å². The molecule has 3 aromatic rings. The summed E-state index contributed by atoms with van der Waals surface area (Å²) in [6.07, 6.45) is 0. The first kappa shape index (κ1) is 16.9. The number of aliphatic carboxylic acids is 1. The smallest absolute Gasteiger partial charge is 0.314 e. The van der Waals surface area contributed by atoms with Gasteiger partial charge in [-0.05, 0) is 18.2 Å². The Morgan fingerprint density at radius 1 is 1.04 bits per heavy atom. The van der Waals surface area contributed by atoms with Crippen LogP contribution in [0, 0.1) is 0 Å². The standard InChI is InChI=1S/C17H11Cl2NO3S/c18-12-7-3-1-5-10(12)15-16(11-6-2-4-8-13(11)19)23-17(20-15)24-9-14(21)22/h1-8H,9H2,(H,21,22). The highest BCUT2D eigenvalue weighted by Crippen LogP contribution is 2.40. The molecule has 0 amide bonds. The van der Waals surface area contributed by atoms with E-state index in [1.807, 2.05) is 36.4 Å². The van der Waals surface area contributed by atoms with Crippen molar-refractivity contribution in [3.8, 4) is 22.6 Å². The van der Waals surface area contributed by atoms with Crippen LogP contribution in [0.5, 0.6) is 0 Å². The maximum Gasteiger partial charge on any atom is 0.314 e. The Hall–Kier alpha value is -1.95. The van der Waals surface area contributed by atoms with Gasteiger partial charge in [-0.15, -0.1) is 0 Å². The molecule has 0 bridgehead atoms. The van der Waals surface area contributed by atoms with E-state index in [9.17, 15) is 4.79 Å². The van der Waals surface area contributed by atoms with E-state index in [-0.39, 0.29) is 11.0 Å². The number of carboxylic acids is 1. The van der Waals surface area contributed by atoms with Gasteiger partial charge in [0, 0.05) is 11.1 Å². The molecule has 0 spiro atoms. The third-order valence-corrected chi connectivity index (χ3v) is 4.65. The number of nitrogens with zero attached hydrogens (tertiary/aromatic N) is 1. The van der Waals surface area contributed by atoms with Gasteiger partial charge in [0.05, 0.1) is 10.0 Å². The number of benzene rings is 2. The number of rotatable bonds is 5. The number of carboxylic acid groups (broad SMARTS) is 1. The highest BCUT2D eigenvalue weighted by Gasteiger charge is 2.21. The lowest BCUT2D eigenvalue weighted by atomic mass is 10.1. The molecule has 0 radical (unpaired) electrons. The zero-order valence-corrected chi connectivity index (χ0v) is 14.5. The van der Waals surface area contributed by atoms with Crippen molar-refractivity contribution in [2.45, 2.75) is 5.22 Å². The molecule has 7 heteroatoms. The third kappa shape index (κ3) is 3.59. The van der Waals surface area contributed by atoms with Crippen molar-refractivity contribution in [2.75, 3.05) is 5.75 Å². The van der Waals surface area contributed by atoms with Crippen molar-refractivity contribution >= 4 is 40.9 Å². The van der Waals surface area contributed by atoms with E-state index >= 15 is 0 Å². The molecule has 0 saturated heterocycles. The normalized spacial score (nSPS) is 10.8. The minimum atomic E-state index is -0.947. The number of hydrogen-bond donors (Lipinski definition) is 1. The molecule has 24 heavy (non-hydrogen) atoms. The zero-order chi connectivity index (χ0) is 17.1.